The minimum Gasteiger partial charge on any atom is -0.365 e. The Morgan fingerprint density at radius 3 is 2.79 bits per heavy atom. The molecule has 0 amide bonds. The van der Waals surface area contributed by atoms with Crippen LogP contribution < -0.4 is 10.9 Å². The maximum Gasteiger partial charge on any atom is 0.253 e. The lowest BCUT2D eigenvalue weighted by atomic mass is 10.0. The third-order valence-corrected chi connectivity index (χ3v) is 5.85. The number of nitrogens with zero attached hydrogens (tertiary/aromatic N) is 3. The Bertz CT molecular complexity index is 1140. The van der Waals surface area contributed by atoms with Crippen LogP contribution in [0.25, 0.3) is 10.9 Å². The molecule has 1 fully saturated rings. The number of benzene rings is 1. The third-order valence-electron chi connectivity index (χ3n) is 5.85. The number of nitrogens with one attached hydrogen (secondary N) is 1. The van der Waals surface area contributed by atoms with Crippen molar-refractivity contribution in [2.75, 3.05) is 5.32 Å². The van der Waals surface area contributed by atoms with E-state index < -0.39 is 0 Å². The van der Waals surface area contributed by atoms with E-state index in [4.69, 9.17) is 0 Å². The molecule has 2 aromatic heterocycles. The quantitative estimate of drug-likeness (QED) is 0.752. The average Bonchev–Trinajstić information content (AvgIpc) is 3.30. The van der Waals surface area contributed by atoms with Crippen LogP contribution in [0, 0.1) is 0 Å². The van der Waals surface area contributed by atoms with Gasteiger partial charge in [0.2, 0.25) is 0 Å². The fraction of sp³-hybridized carbons (Fsp3) is 0.364. The van der Waals surface area contributed by atoms with Crippen LogP contribution in [0.4, 0.5) is 5.82 Å². The van der Waals surface area contributed by atoms with Gasteiger partial charge in [-0.2, -0.15) is 0 Å². The molecule has 28 heavy (non-hydrogen) atoms. The zero-order valence-corrected chi connectivity index (χ0v) is 15.2. The molecule has 0 saturated heterocycles. The normalized spacial score (nSPS) is 16.5. The summed E-state index contributed by atoms with van der Waals surface area (Å²) in [5, 5.41) is 4.23. The highest BCUT2D eigenvalue weighted by Crippen LogP contribution is 2.42. The minimum absolute atomic E-state index is 0. The molecule has 3 aromatic rings. The van der Waals surface area contributed by atoms with Crippen LogP contribution in [0.5, 0.6) is 0 Å². The Morgan fingerprint density at radius 2 is 2.00 bits per heavy atom. The Hall–Kier alpha value is -3.02. The lowest BCUT2D eigenvalue weighted by Crippen LogP contribution is -2.27. The van der Waals surface area contributed by atoms with Gasteiger partial charge in [-0.1, -0.05) is 25.6 Å². The van der Waals surface area contributed by atoms with Crippen molar-refractivity contribution in [2.45, 2.75) is 52.1 Å². The Labute approximate surface area is 163 Å². The van der Waals surface area contributed by atoms with Gasteiger partial charge in [0, 0.05) is 36.3 Å². The number of rotatable bonds is 4. The number of anilines is 1. The van der Waals surface area contributed by atoms with Crippen LogP contribution in [0.3, 0.4) is 0 Å². The first-order valence-electron chi connectivity index (χ1n) is 9.31. The summed E-state index contributed by atoms with van der Waals surface area (Å²) in [6.07, 6.45) is 6.78. The van der Waals surface area contributed by atoms with Gasteiger partial charge in [-0.15, -0.1) is 0 Å². The summed E-state index contributed by atoms with van der Waals surface area (Å²) in [5.41, 5.74) is 3.64. The van der Waals surface area contributed by atoms with Crippen molar-refractivity contribution in [1.29, 1.82) is 0 Å². The second kappa shape index (κ2) is 6.55. The van der Waals surface area contributed by atoms with Crippen molar-refractivity contribution in [3.05, 3.63) is 63.8 Å². The highest BCUT2D eigenvalue weighted by atomic mass is 16.1. The molecular formula is C22H24N4O2. The highest BCUT2D eigenvalue weighted by molar-refractivity contribution is 6.00. The molecule has 144 valence electrons. The number of carbonyl (C=O) groups is 1. The lowest BCUT2D eigenvalue weighted by Gasteiger charge is -2.15. The van der Waals surface area contributed by atoms with Crippen LogP contribution in [0.2, 0.25) is 0 Å². The molecule has 2 aliphatic carbocycles. The van der Waals surface area contributed by atoms with E-state index >= 15 is 0 Å². The first-order chi connectivity index (χ1) is 13.0. The molecule has 1 N–H and O–H groups in total. The predicted octanol–water partition coefficient (Wildman–Crippen LogP) is 3.68. The van der Waals surface area contributed by atoms with E-state index in [1.165, 1.54) is 6.33 Å². The van der Waals surface area contributed by atoms with E-state index in [1.807, 2.05) is 22.9 Å². The van der Waals surface area contributed by atoms with Gasteiger partial charge in [-0.3, -0.25) is 9.59 Å². The molecule has 0 aliphatic heterocycles. The molecule has 6 heteroatoms. The standard InChI is InChI=1S/C21H20N4O2.CH4/c1-21(7-8-21)25-11-16-17(9-19(25)27)23-12-24-20(16)22-10-13-3-2-4-15-14(13)5-6-18(15)26;/h2-4,9,11-12H,5-8,10H2,1H3,(H,22,23,24);1H4. The van der Waals surface area contributed by atoms with Gasteiger partial charge in [0.25, 0.3) is 5.56 Å². The number of Topliss-reactive ketones (excluding diaryl/α,β-unsaturated/α-hetero) is 1. The van der Waals surface area contributed by atoms with Gasteiger partial charge in [-0.05, 0) is 37.3 Å². The highest BCUT2D eigenvalue weighted by Gasteiger charge is 2.40. The van der Waals surface area contributed by atoms with Crippen molar-refractivity contribution in [2.24, 2.45) is 0 Å². The van der Waals surface area contributed by atoms with E-state index in [9.17, 15) is 9.59 Å². The lowest BCUT2D eigenvalue weighted by molar-refractivity contribution is 0.0994. The molecule has 1 aromatic carbocycles. The molecule has 0 radical (unpaired) electrons. The molecule has 2 heterocycles. The Kier molecular flexibility index (Phi) is 4.29. The van der Waals surface area contributed by atoms with Crippen LogP contribution in [-0.4, -0.2) is 20.3 Å². The summed E-state index contributed by atoms with van der Waals surface area (Å²) < 4.78 is 1.81. The van der Waals surface area contributed by atoms with Crippen molar-refractivity contribution in [3.8, 4) is 0 Å². The van der Waals surface area contributed by atoms with E-state index in [1.54, 1.807) is 6.07 Å². The molecule has 1 saturated carbocycles. The van der Waals surface area contributed by atoms with E-state index in [-0.39, 0.29) is 24.3 Å². The van der Waals surface area contributed by atoms with Crippen LogP contribution >= 0.6 is 0 Å². The van der Waals surface area contributed by atoms with Crippen molar-refractivity contribution in [3.63, 3.8) is 0 Å². The SMILES string of the molecule is C.CC1(n2cc3c(NCc4cccc5c4CCC5=O)ncnc3cc2=O)CC1. The third kappa shape index (κ3) is 2.89. The summed E-state index contributed by atoms with van der Waals surface area (Å²) in [7, 11) is 0. The zero-order valence-electron chi connectivity index (χ0n) is 15.2. The van der Waals surface area contributed by atoms with Crippen molar-refractivity contribution in [1.82, 2.24) is 14.5 Å². The van der Waals surface area contributed by atoms with Gasteiger partial charge in [-0.25, -0.2) is 9.97 Å². The Morgan fingerprint density at radius 1 is 1.18 bits per heavy atom. The summed E-state index contributed by atoms with van der Waals surface area (Å²) >= 11 is 0. The zero-order chi connectivity index (χ0) is 18.6. The summed E-state index contributed by atoms with van der Waals surface area (Å²) in [4.78, 5) is 33.0. The van der Waals surface area contributed by atoms with Gasteiger partial charge in [0.15, 0.2) is 5.78 Å². The molecule has 2 aliphatic rings. The van der Waals surface area contributed by atoms with Crippen molar-refractivity contribution >= 4 is 22.5 Å². The van der Waals surface area contributed by atoms with Gasteiger partial charge in [0.1, 0.15) is 12.1 Å². The van der Waals surface area contributed by atoms with Crippen molar-refractivity contribution < 1.29 is 4.79 Å². The first-order valence-corrected chi connectivity index (χ1v) is 9.31. The topological polar surface area (TPSA) is 76.9 Å². The number of carbonyl (C=O) groups excluding carboxylic acids is 1. The van der Waals surface area contributed by atoms with Crippen LogP contribution in [0.1, 0.15) is 55.1 Å². The predicted molar refractivity (Wildman–Crippen MR) is 110 cm³/mol. The van der Waals surface area contributed by atoms with Crippen LogP contribution in [-0.2, 0) is 18.5 Å². The molecule has 0 bridgehead atoms. The number of aromatic nitrogens is 3. The Balaban J connectivity index is 0.00000192. The van der Waals surface area contributed by atoms with E-state index in [0.29, 0.717) is 24.3 Å². The average molecular weight is 376 g/mol. The minimum atomic E-state index is -0.0843. The number of ketones is 1. The van der Waals surface area contributed by atoms with E-state index in [2.05, 4.69) is 28.3 Å². The fourth-order valence-electron chi connectivity index (χ4n) is 3.92. The molecule has 0 spiro atoms. The molecule has 0 atom stereocenters. The number of hydrogen-bond acceptors (Lipinski definition) is 5. The summed E-state index contributed by atoms with van der Waals surface area (Å²) in [6.45, 7) is 2.68. The largest absolute Gasteiger partial charge is 0.365 e. The fourth-order valence-corrected chi connectivity index (χ4v) is 3.92. The van der Waals surface area contributed by atoms with Crippen LogP contribution in [0.15, 0.2) is 41.6 Å². The van der Waals surface area contributed by atoms with Gasteiger partial charge in [0.05, 0.1) is 10.9 Å². The first kappa shape index (κ1) is 18.3. The smallest absolute Gasteiger partial charge is 0.253 e. The maximum atomic E-state index is 12.4. The second-order valence-corrected chi connectivity index (χ2v) is 7.72. The van der Waals surface area contributed by atoms with E-state index in [0.717, 1.165) is 41.3 Å². The maximum absolute atomic E-state index is 12.4. The number of fused-ring (bicyclic) bond motifs is 2. The van der Waals surface area contributed by atoms with Gasteiger partial charge >= 0.3 is 0 Å². The monoisotopic (exact) mass is 376 g/mol. The summed E-state index contributed by atoms with van der Waals surface area (Å²) in [6, 6.07) is 7.48. The van der Waals surface area contributed by atoms with Gasteiger partial charge < -0.3 is 9.88 Å². The second-order valence-electron chi connectivity index (χ2n) is 7.72. The molecule has 5 rings (SSSR count). The summed E-state index contributed by atoms with van der Waals surface area (Å²) in [5.74, 6) is 0.931. The molecule has 6 nitrogen and oxygen atoms in total. The molecular weight excluding hydrogens is 352 g/mol. The number of hydrogen-bond donors (Lipinski definition) is 1. The number of pyridine rings is 1. The molecule has 0 unspecified atom stereocenters.